The second-order valence-electron chi connectivity index (χ2n) is 6.96. The average molecular weight is 492 g/mol. The molecule has 0 unspecified atom stereocenters. The summed E-state index contributed by atoms with van der Waals surface area (Å²) in [6, 6.07) is 15.8. The van der Waals surface area contributed by atoms with Crippen LogP contribution in [0, 0.1) is 6.92 Å². The van der Waals surface area contributed by atoms with Gasteiger partial charge in [0, 0.05) is 16.2 Å². The quantitative estimate of drug-likeness (QED) is 0.298. The molecule has 2 aromatic heterocycles. The first kappa shape index (κ1) is 22.3. The minimum Gasteiger partial charge on any atom is -0.478 e. The number of alkyl halides is 1. The first-order valence-corrected chi connectivity index (χ1v) is 10.7. The van der Waals surface area contributed by atoms with E-state index in [0.717, 1.165) is 16.7 Å². The first-order valence-electron chi connectivity index (χ1n) is 9.52. The first-order chi connectivity index (χ1) is 15.3. The van der Waals surface area contributed by atoms with Gasteiger partial charge >= 0.3 is 5.97 Å². The second kappa shape index (κ2) is 9.28. The van der Waals surface area contributed by atoms with Gasteiger partial charge in [-0.05, 0) is 67.1 Å². The number of pyridine rings is 1. The minimum atomic E-state index is -1.50. The van der Waals surface area contributed by atoms with Gasteiger partial charge in [-0.2, -0.15) is 0 Å². The summed E-state index contributed by atoms with van der Waals surface area (Å²) in [5.41, 5.74) is 0.773. The molecule has 6 nitrogen and oxygen atoms in total. The van der Waals surface area contributed by atoms with Crippen molar-refractivity contribution in [2.75, 3.05) is 0 Å². The highest BCUT2D eigenvalue weighted by Crippen LogP contribution is 2.36. The van der Waals surface area contributed by atoms with Gasteiger partial charge in [-0.15, -0.1) is 0 Å². The van der Waals surface area contributed by atoms with Crippen LogP contribution in [-0.4, -0.2) is 26.2 Å². The average Bonchev–Trinajstić information content (AvgIpc) is 3.03. The minimum absolute atomic E-state index is 0.298. The number of carboxylic acid groups (broad SMARTS) is 1. The lowest BCUT2D eigenvalue weighted by molar-refractivity contribution is -0.141. The number of carboxylic acids is 1. The van der Waals surface area contributed by atoms with Gasteiger partial charge in [0.25, 0.3) is 5.56 Å². The third-order valence-electron chi connectivity index (χ3n) is 4.83. The summed E-state index contributed by atoms with van der Waals surface area (Å²) in [5.74, 6) is 0.344. The molecule has 9 heteroatoms. The SMILES string of the molecule is Cc1c(Oc2ccc(Cl)cc2)c2cccnc2n1Cc1cc(O[C@@H](Cl)C(=O)O)ccc1Cl. The summed E-state index contributed by atoms with van der Waals surface area (Å²) in [4.78, 5) is 15.5. The number of benzene rings is 2. The van der Waals surface area contributed by atoms with Gasteiger partial charge in [0.05, 0.1) is 17.6 Å². The van der Waals surface area contributed by atoms with Crippen LogP contribution in [0.25, 0.3) is 11.0 Å². The zero-order valence-corrected chi connectivity index (χ0v) is 19.0. The molecule has 0 saturated heterocycles. The van der Waals surface area contributed by atoms with E-state index in [1.54, 1.807) is 48.7 Å². The highest BCUT2D eigenvalue weighted by Gasteiger charge is 2.19. The smallest absolute Gasteiger partial charge is 0.360 e. The van der Waals surface area contributed by atoms with Crippen molar-refractivity contribution < 1.29 is 19.4 Å². The fourth-order valence-electron chi connectivity index (χ4n) is 3.29. The fourth-order valence-corrected chi connectivity index (χ4v) is 3.70. The number of rotatable bonds is 7. The van der Waals surface area contributed by atoms with Crippen LogP contribution in [0.1, 0.15) is 11.3 Å². The van der Waals surface area contributed by atoms with Gasteiger partial charge in [0.1, 0.15) is 17.1 Å². The Bertz CT molecular complexity index is 1290. The van der Waals surface area contributed by atoms with Crippen molar-refractivity contribution in [1.82, 2.24) is 9.55 Å². The molecule has 4 rings (SSSR count). The molecule has 0 amide bonds. The lowest BCUT2D eigenvalue weighted by Gasteiger charge is -2.13. The lowest BCUT2D eigenvalue weighted by Crippen LogP contribution is -2.20. The summed E-state index contributed by atoms with van der Waals surface area (Å²) in [6.45, 7) is 2.29. The molecule has 1 N–H and O–H groups in total. The molecule has 0 bridgehead atoms. The predicted molar refractivity (Wildman–Crippen MR) is 124 cm³/mol. The number of hydrogen-bond donors (Lipinski definition) is 1. The summed E-state index contributed by atoms with van der Waals surface area (Å²) in [7, 11) is 0. The van der Waals surface area contributed by atoms with Crippen LogP contribution in [0.15, 0.2) is 60.8 Å². The van der Waals surface area contributed by atoms with Crippen LogP contribution >= 0.6 is 34.8 Å². The molecule has 0 spiro atoms. The molecule has 0 fully saturated rings. The van der Waals surface area contributed by atoms with Gasteiger partial charge in [-0.3, -0.25) is 0 Å². The monoisotopic (exact) mass is 490 g/mol. The number of fused-ring (bicyclic) bond motifs is 1. The highest BCUT2D eigenvalue weighted by atomic mass is 35.5. The molecule has 0 saturated carbocycles. The van der Waals surface area contributed by atoms with E-state index in [2.05, 4.69) is 4.98 Å². The Labute approximate surface area is 198 Å². The van der Waals surface area contributed by atoms with Gasteiger partial charge in [-0.1, -0.05) is 34.8 Å². The van der Waals surface area contributed by atoms with Crippen LogP contribution < -0.4 is 9.47 Å². The molecule has 0 aliphatic heterocycles. The maximum absolute atomic E-state index is 11.0. The number of carbonyl (C=O) groups is 1. The van der Waals surface area contributed by atoms with Crippen molar-refractivity contribution in [1.29, 1.82) is 0 Å². The van der Waals surface area contributed by atoms with Crippen molar-refractivity contribution in [3.05, 3.63) is 82.1 Å². The van der Waals surface area contributed by atoms with Crippen molar-refractivity contribution in [2.45, 2.75) is 19.0 Å². The Kier molecular flexibility index (Phi) is 6.46. The molecule has 2 heterocycles. The van der Waals surface area contributed by atoms with Gasteiger partial charge in [0.15, 0.2) is 5.75 Å². The van der Waals surface area contributed by atoms with Crippen molar-refractivity contribution in [3.8, 4) is 17.2 Å². The van der Waals surface area contributed by atoms with Crippen LogP contribution in [0.5, 0.6) is 17.2 Å². The summed E-state index contributed by atoms with van der Waals surface area (Å²) in [5, 5.41) is 10.9. The molecule has 4 aromatic rings. The summed E-state index contributed by atoms with van der Waals surface area (Å²) < 4.78 is 13.4. The van der Waals surface area contributed by atoms with E-state index in [1.807, 2.05) is 23.6 Å². The number of nitrogens with zero attached hydrogens (tertiary/aromatic N) is 2. The predicted octanol–water partition coefficient (Wildman–Crippen LogP) is 6.52. The molecule has 164 valence electrons. The molecule has 0 radical (unpaired) electrons. The number of halogens is 3. The number of ether oxygens (including phenoxy) is 2. The summed E-state index contributed by atoms with van der Waals surface area (Å²) in [6.07, 6.45) is 1.70. The maximum atomic E-state index is 11.0. The number of aromatic nitrogens is 2. The maximum Gasteiger partial charge on any atom is 0.360 e. The van der Waals surface area contributed by atoms with E-state index in [1.165, 1.54) is 0 Å². The van der Waals surface area contributed by atoms with E-state index >= 15 is 0 Å². The Hall–Kier alpha value is -2.93. The van der Waals surface area contributed by atoms with Crippen LogP contribution in [0.4, 0.5) is 0 Å². The molecule has 0 aliphatic carbocycles. The van der Waals surface area contributed by atoms with Crippen LogP contribution in [-0.2, 0) is 11.3 Å². The Morgan fingerprint density at radius 3 is 2.56 bits per heavy atom. The number of hydrogen-bond acceptors (Lipinski definition) is 4. The van der Waals surface area contributed by atoms with E-state index in [-0.39, 0.29) is 0 Å². The molecule has 32 heavy (non-hydrogen) atoms. The normalized spacial score (nSPS) is 12.0. The topological polar surface area (TPSA) is 73.6 Å². The van der Waals surface area contributed by atoms with E-state index < -0.39 is 11.5 Å². The lowest BCUT2D eigenvalue weighted by atomic mass is 10.2. The fraction of sp³-hybridized carbons (Fsp3) is 0.130. The van der Waals surface area contributed by atoms with Crippen LogP contribution in [0.2, 0.25) is 10.0 Å². The van der Waals surface area contributed by atoms with E-state index in [0.29, 0.717) is 39.4 Å². The van der Waals surface area contributed by atoms with Crippen molar-refractivity contribution in [3.63, 3.8) is 0 Å². The molecular formula is C23H17Cl3N2O4. The van der Waals surface area contributed by atoms with Crippen molar-refractivity contribution >= 4 is 51.8 Å². The Morgan fingerprint density at radius 2 is 1.84 bits per heavy atom. The molecule has 2 aromatic carbocycles. The van der Waals surface area contributed by atoms with E-state index in [9.17, 15) is 4.79 Å². The molecular weight excluding hydrogens is 475 g/mol. The zero-order valence-electron chi connectivity index (χ0n) is 16.8. The van der Waals surface area contributed by atoms with Crippen LogP contribution in [0.3, 0.4) is 0 Å². The summed E-state index contributed by atoms with van der Waals surface area (Å²) >= 11 is 18.1. The standard InChI is InChI=1S/C23H17Cl3N2O4/c1-13-20(31-16-6-4-15(24)5-7-16)18-3-2-10-27-22(18)28(13)12-14-11-17(8-9-19(14)25)32-21(26)23(29)30/h2-11,21H,12H2,1H3,(H,29,30)/t21-/m1/s1. The Morgan fingerprint density at radius 1 is 1.12 bits per heavy atom. The van der Waals surface area contributed by atoms with Gasteiger partial charge in [-0.25, -0.2) is 9.78 Å². The van der Waals surface area contributed by atoms with Gasteiger partial charge < -0.3 is 19.1 Å². The third-order valence-corrected chi connectivity index (χ3v) is 5.73. The molecule has 1 atom stereocenters. The second-order valence-corrected chi connectivity index (χ2v) is 8.20. The zero-order chi connectivity index (χ0) is 22.8. The highest BCUT2D eigenvalue weighted by molar-refractivity contribution is 6.31. The third kappa shape index (κ3) is 4.63. The van der Waals surface area contributed by atoms with Gasteiger partial charge in [0.2, 0.25) is 0 Å². The van der Waals surface area contributed by atoms with E-state index in [4.69, 9.17) is 49.4 Å². The Balaban J connectivity index is 1.72. The molecule has 0 aliphatic rings. The largest absolute Gasteiger partial charge is 0.478 e. The van der Waals surface area contributed by atoms with Crippen molar-refractivity contribution in [2.24, 2.45) is 0 Å². The number of aliphatic carboxylic acids is 1.